The lowest BCUT2D eigenvalue weighted by molar-refractivity contribution is 0.313. The zero-order chi connectivity index (χ0) is 17.9. The highest BCUT2D eigenvalue weighted by atomic mass is 32.1. The lowest BCUT2D eigenvalue weighted by Gasteiger charge is -2.34. The first kappa shape index (κ1) is 17.1. The fourth-order valence-electron chi connectivity index (χ4n) is 3.22. The van der Waals surface area contributed by atoms with Gasteiger partial charge in [-0.15, -0.1) is 11.3 Å². The third-order valence-corrected chi connectivity index (χ3v) is 5.56. The number of hydrogen-bond donors (Lipinski definition) is 1. The Morgan fingerprint density at radius 2 is 1.77 bits per heavy atom. The number of benzene rings is 2. The van der Waals surface area contributed by atoms with Crippen LogP contribution in [0.15, 0.2) is 53.9 Å². The molecular weight excluding hydrogens is 340 g/mol. The third kappa shape index (κ3) is 3.89. The normalized spacial score (nSPS) is 15.2. The van der Waals surface area contributed by atoms with E-state index in [1.54, 1.807) is 11.3 Å². The molecule has 2 heterocycles. The van der Waals surface area contributed by atoms with Crippen LogP contribution in [-0.2, 0) is 0 Å². The van der Waals surface area contributed by atoms with Crippen LogP contribution in [0.5, 0.6) is 0 Å². The molecule has 0 radical (unpaired) electrons. The molecule has 0 atom stereocenters. The molecule has 4 rings (SSSR count). The summed E-state index contributed by atoms with van der Waals surface area (Å²) in [7, 11) is 2.19. The van der Waals surface area contributed by atoms with Gasteiger partial charge in [-0.25, -0.2) is 4.98 Å². The number of aromatic nitrogens is 1. The molecule has 1 fully saturated rings. The molecule has 1 aliphatic rings. The van der Waals surface area contributed by atoms with Crippen molar-refractivity contribution in [2.45, 2.75) is 6.92 Å². The molecule has 1 aromatic heterocycles. The van der Waals surface area contributed by atoms with Crippen LogP contribution in [0.3, 0.4) is 0 Å². The van der Waals surface area contributed by atoms with Gasteiger partial charge < -0.3 is 15.1 Å². The van der Waals surface area contributed by atoms with Gasteiger partial charge in [0.25, 0.3) is 0 Å². The highest BCUT2D eigenvalue weighted by molar-refractivity contribution is 7.14. The van der Waals surface area contributed by atoms with Crippen LogP contribution < -0.4 is 10.2 Å². The molecule has 5 heteroatoms. The smallest absolute Gasteiger partial charge is 0.187 e. The molecule has 0 unspecified atom stereocenters. The first-order chi connectivity index (χ1) is 12.7. The monoisotopic (exact) mass is 364 g/mol. The molecule has 2 aromatic carbocycles. The van der Waals surface area contributed by atoms with E-state index in [1.807, 2.05) is 0 Å². The molecular formula is C21H24N4S. The van der Waals surface area contributed by atoms with Crippen molar-refractivity contribution in [3.05, 3.63) is 59.5 Å². The topological polar surface area (TPSA) is 31.4 Å². The Bertz CT molecular complexity index is 864. The van der Waals surface area contributed by atoms with Gasteiger partial charge in [0.15, 0.2) is 5.13 Å². The standard InChI is InChI=1S/C21H24N4S/c1-16-4-3-5-18(14-16)22-21-23-20(15-26-21)17-6-8-19(9-7-17)25-12-10-24(2)11-13-25/h3-9,14-15H,10-13H2,1-2H3,(H,22,23). The van der Waals surface area contributed by atoms with Gasteiger partial charge in [0.05, 0.1) is 5.69 Å². The van der Waals surface area contributed by atoms with Gasteiger partial charge >= 0.3 is 0 Å². The fourth-order valence-corrected chi connectivity index (χ4v) is 3.96. The molecule has 4 nitrogen and oxygen atoms in total. The number of nitrogens with one attached hydrogen (secondary N) is 1. The van der Waals surface area contributed by atoms with Crippen LogP contribution in [0.4, 0.5) is 16.5 Å². The average Bonchev–Trinajstić information content (AvgIpc) is 3.11. The van der Waals surface area contributed by atoms with Crippen LogP contribution in [0.1, 0.15) is 5.56 Å². The number of likely N-dealkylation sites (N-methyl/N-ethyl adjacent to an activating group) is 1. The van der Waals surface area contributed by atoms with Crippen molar-refractivity contribution >= 4 is 27.8 Å². The molecule has 0 aliphatic carbocycles. The second-order valence-corrected chi connectivity index (χ2v) is 7.73. The van der Waals surface area contributed by atoms with Gasteiger partial charge in [-0.2, -0.15) is 0 Å². The van der Waals surface area contributed by atoms with Crippen molar-refractivity contribution in [1.82, 2.24) is 9.88 Å². The predicted octanol–water partition coefficient (Wildman–Crippen LogP) is 4.61. The summed E-state index contributed by atoms with van der Waals surface area (Å²) in [5.41, 5.74) is 5.81. The molecule has 1 N–H and O–H groups in total. The Kier molecular flexibility index (Phi) is 4.91. The predicted molar refractivity (Wildman–Crippen MR) is 112 cm³/mol. The average molecular weight is 365 g/mol. The Hall–Kier alpha value is -2.37. The summed E-state index contributed by atoms with van der Waals surface area (Å²) in [5.74, 6) is 0. The summed E-state index contributed by atoms with van der Waals surface area (Å²) in [5, 5.41) is 6.44. The Balaban J connectivity index is 1.45. The van der Waals surface area contributed by atoms with E-state index in [1.165, 1.54) is 11.3 Å². The minimum atomic E-state index is 0.925. The maximum Gasteiger partial charge on any atom is 0.187 e. The van der Waals surface area contributed by atoms with Crippen molar-refractivity contribution in [3.63, 3.8) is 0 Å². The number of nitrogens with zero attached hydrogens (tertiary/aromatic N) is 3. The number of aryl methyl sites for hydroxylation is 1. The largest absolute Gasteiger partial charge is 0.369 e. The molecule has 0 saturated carbocycles. The summed E-state index contributed by atoms with van der Waals surface area (Å²) >= 11 is 1.64. The SMILES string of the molecule is Cc1cccc(Nc2nc(-c3ccc(N4CCN(C)CC4)cc3)cs2)c1. The van der Waals surface area contributed by atoms with Gasteiger partial charge in [-0.05, 0) is 43.8 Å². The number of hydrogen-bond acceptors (Lipinski definition) is 5. The molecule has 3 aromatic rings. The Morgan fingerprint density at radius 1 is 1.00 bits per heavy atom. The first-order valence-electron chi connectivity index (χ1n) is 9.00. The Labute approximate surface area is 159 Å². The van der Waals surface area contributed by atoms with Crippen LogP contribution in [-0.4, -0.2) is 43.1 Å². The summed E-state index contributed by atoms with van der Waals surface area (Å²) < 4.78 is 0. The van der Waals surface area contributed by atoms with E-state index in [9.17, 15) is 0 Å². The van der Waals surface area contributed by atoms with Crippen molar-refractivity contribution < 1.29 is 0 Å². The second-order valence-electron chi connectivity index (χ2n) is 6.87. The van der Waals surface area contributed by atoms with E-state index >= 15 is 0 Å². The molecule has 26 heavy (non-hydrogen) atoms. The van der Waals surface area contributed by atoms with Crippen LogP contribution in [0.2, 0.25) is 0 Å². The molecule has 0 bridgehead atoms. The summed E-state index contributed by atoms with van der Waals surface area (Å²) in [4.78, 5) is 9.58. The van der Waals surface area contributed by atoms with E-state index in [0.29, 0.717) is 0 Å². The second kappa shape index (κ2) is 7.48. The number of rotatable bonds is 4. The molecule has 0 spiro atoms. The van der Waals surface area contributed by atoms with Crippen LogP contribution in [0, 0.1) is 6.92 Å². The minimum Gasteiger partial charge on any atom is -0.369 e. The zero-order valence-corrected chi connectivity index (χ0v) is 16.1. The van der Waals surface area contributed by atoms with Gasteiger partial charge in [0, 0.05) is 48.5 Å². The zero-order valence-electron chi connectivity index (χ0n) is 15.3. The lowest BCUT2D eigenvalue weighted by atomic mass is 10.1. The van der Waals surface area contributed by atoms with Crippen molar-refractivity contribution in [2.24, 2.45) is 0 Å². The molecule has 1 saturated heterocycles. The van der Waals surface area contributed by atoms with Gasteiger partial charge in [0.1, 0.15) is 0 Å². The lowest BCUT2D eigenvalue weighted by Crippen LogP contribution is -2.44. The minimum absolute atomic E-state index is 0.925. The van der Waals surface area contributed by atoms with Gasteiger partial charge in [0.2, 0.25) is 0 Å². The van der Waals surface area contributed by atoms with Crippen LogP contribution in [0.25, 0.3) is 11.3 Å². The number of piperazine rings is 1. The van der Waals surface area contributed by atoms with E-state index in [4.69, 9.17) is 4.98 Å². The van der Waals surface area contributed by atoms with Crippen molar-refractivity contribution in [2.75, 3.05) is 43.4 Å². The van der Waals surface area contributed by atoms with E-state index < -0.39 is 0 Å². The van der Waals surface area contributed by atoms with E-state index in [-0.39, 0.29) is 0 Å². The Morgan fingerprint density at radius 3 is 2.50 bits per heavy atom. The summed E-state index contributed by atoms with van der Waals surface area (Å²) in [6, 6.07) is 17.1. The van der Waals surface area contributed by atoms with E-state index in [0.717, 1.165) is 48.3 Å². The van der Waals surface area contributed by atoms with Gasteiger partial charge in [-0.1, -0.05) is 24.3 Å². The quantitative estimate of drug-likeness (QED) is 0.732. The van der Waals surface area contributed by atoms with E-state index in [2.05, 4.69) is 83.0 Å². The van der Waals surface area contributed by atoms with Crippen molar-refractivity contribution in [1.29, 1.82) is 0 Å². The fraction of sp³-hybridized carbons (Fsp3) is 0.286. The highest BCUT2D eigenvalue weighted by Gasteiger charge is 2.14. The van der Waals surface area contributed by atoms with Crippen molar-refractivity contribution in [3.8, 4) is 11.3 Å². The van der Waals surface area contributed by atoms with Gasteiger partial charge in [-0.3, -0.25) is 0 Å². The molecule has 0 amide bonds. The van der Waals surface area contributed by atoms with Crippen LogP contribution >= 0.6 is 11.3 Å². The first-order valence-corrected chi connectivity index (χ1v) is 9.88. The highest BCUT2D eigenvalue weighted by Crippen LogP contribution is 2.29. The number of anilines is 3. The third-order valence-electron chi connectivity index (χ3n) is 4.81. The maximum atomic E-state index is 4.74. The summed E-state index contributed by atoms with van der Waals surface area (Å²) in [6.45, 7) is 6.54. The number of thiazole rings is 1. The maximum absolute atomic E-state index is 4.74. The summed E-state index contributed by atoms with van der Waals surface area (Å²) in [6.07, 6.45) is 0. The molecule has 1 aliphatic heterocycles. The molecule has 134 valence electrons.